The van der Waals surface area contributed by atoms with Crippen molar-refractivity contribution in [2.45, 2.75) is 45.7 Å². The second-order valence-electron chi connectivity index (χ2n) is 8.79. The van der Waals surface area contributed by atoms with Crippen LogP contribution in [0, 0.1) is 11.6 Å². The van der Waals surface area contributed by atoms with Gasteiger partial charge in [0.05, 0.1) is 5.69 Å². The van der Waals surface area contributed by atoms with E-state index < -0.39 is 17.7 Å². The topological polar surface area (TPSA) is 52.7 Å². The predicted molar refractivity (Wildman–Crippen MR) is 138 cm³/mol. The molecular formula is C29H33F2N3O2. The fourth-order valence-corrected chi connectivity index (χ4v) is 3.90. The summed E-state index contributed by atoms with van der Waals surface area (Å²) in [6, 6.07) is 22.1. The standard InChI is InChI=1S/C29H33F2N3O2/c1-3-22(2)34(29(36)32-27-15-14-25(30)20-26(27)31)19-17-28(35)33(21-24-12-8-5-9-13-24)18-16-23-10-6-4-7-11-23/h4-15,20,22H,3,16-19,21H2,1-2H3,(H,32,36). The molecule has 0 spiro atoms. The van der Waals surface area contributed by atoms with Gasteiger partial charge in [-0.15, -0.1) is 0 Å². The van der Waals surface area contributed by atoms with Crippen LogP contribution in [0.4, 0.5) is 19.3 Å². The van der Waals surface area contributed by atoms with Crippen LogP contribution < -0.4 is 5.32 Å². The molecule has 7 heteroatoms. The van der Waals surface area contributed by atoms with Gasteiger partial charge in [-0.3, -0.25) is 4.79 Å². The summed E-state index contributed by atoms with van der Waals surface area (Å²) in [5.41, 5.74) is 2.07. The van der Waals surface area contributed by atoms with Crippen LogP contribution in [0.15, 0.2) is 78.9 Å². The average molecular weight is 494 g/mol. The number of amides is 3. The Morgan fingerprint density at radius 3 is 2.14 bits per heavy atom. The number of urea groups is 1. The molecule has 190 valence electrons. The zero-order chi connectivity index (χ0) is 25.9. The molecule has 36 heavy (non-hydrogen) atoms. The van der Waals surface area contributed by atoms with E-state index in [-0.39, 0.29) is 30.6 Å². The van der Waals surface area contributed by atoms with Gasteiger partial charge in [0, 0.05) is 38.2 Å². The van der Waals surface area contributed by atoms with Gasteiger partial charge in [0.1, 0.15) is 11.6 Å². The Labute approximate surface area is 211 Å². The monoisotopic (exact) mass is 493 g/mol. The fraction of sp³-hybridized carbons (Fsp3) is 0.310. The largest absolute Gasteiger partial charge is 0.338 e. The van der Waals surface area contributed by atoms with E-state index in [2.05, 4.69) is 5.32 Å². The Morgan fingerprint density at radius 2 is 1.53 bits per heavy atom. The van der Waals surface area contributed by atoms with Gasteiger partial charge in [-0.05, 0) is 43.0 Å². The number of hydrogen-bond acceptors (Lipinski definition) is 2. The van der Waals surface area contributed by atoms with E-state index in [9.17, 15) is 18.4 Å². The van der Waals surface area contributed by atoms with Crippen LogP contribution in [-0.4, -0.2) is 40.9 Å². The van der Waals surface area contributed by atoms with Crippen molar-refractivity contribution >= 4 is 17.6 Å². The van der Waals surface area contributed by atoms with E-state index in [0.29, 0.717) is 19.5 Å². The molecule has 1 N–H and O–H groups in total. The van der Waals surface area contributed by atoms with Crippen LogP contribution in [0.3, 0.4) is 0 Å². The summed E-state index contributed by atoms with van der Waals surface area (Å²) < 4.78 is 27.3. The predicted octanol–water partition coefficient (Wildman–Crippen LogP) is 6.26. The summed E-state index contributed by atoms with van der Waals surface area (Å²) >= 11 is 0. The summed E-state index contributed by atoms with van der Waals surface area (Å²) in [5, 5.41) is 2.51. The normalized spacial score (nSPS) is 11.6. The van der Waals surface area contributed by atoms with E-state index in [0.717, 1.165) is 29.7 Å². The van der Waals surface area contributed by atoms with Crippen LogP contribution in [0.5, 0.6) is 0 Å². The minimum absolute atomic E-state index is 0.0659. The van der Waals surface area contributed by atoms with E-state index in [1.165, 1.54) is 11.0 Å². The Balaban J connectivity index is 1.68. The number of hydrogen-bond donors (Lipinski definition) is 1. The second-order valence-corrected chi connectivity index (χ2v) is 8.79. The van der Waals surface area contributed by atoms with Crippen molar-refractivity contribution in [3.05, 3.63) is 102 Å². The van der Waals surface area contributed by atoms with E-state index >= 15 is 0 Å². The van der Waals surface area contributed by atoms with Crippen molar-refractivity contribution in [3.63, 3.8) is 0 Å². The van der Waals surface area contributed by atoms with Crippen molar-refractivity contribution in [2.24, 2.45) is 0 Å². The van der Waals surface area contributed by atoms with Gasteiger partial charge in [0.15, 0.2) is 0 Å². The number of rotatable bonds is 11. The molecule has 0 bridgehead atoms. The van der Waals surface area contributed by atoms with Crippen LogP contribution in [0.1, 0.15) is 37.8 Å². The first-order chi connectivity index (χ1) is 17.4. The molecule has 0 aliphatic rings. The lowest BCUT2D eigenvalue weighted by atomic mass is 10.1. The van der Waals surface area contributed by atoms with E-state index in [1.807, 2.05) is 79.4 Å². The third kappa shape index (κ3) is 7.90. The minimum Gasteiger partial charge on any atom is -0.338 e. The third-order valence-electron chi connectivity index (χ3n) is 6.21. The van der Waals surface area contributed by atoms with Crippen molar-refractivity contribution < 1.29 is 18.4 Å². The van der Waals surface area contributed by atoms with Crippen molar-refractivity contribution in [2.75, 3.05) is 18.4 Å². The zero-order valence-corrected chi connectivity index (χ0v) is 20.8. The lowest BCUT2D eigenvalue weighted by Crippen LogP contribution is -2.44. The Bertz CT molecular complexity index is 1130. The van der Waals surface area contributed by atoms with Gasteiger partial charge in [0.2, 0.25) is 5.91 Å². The molecule has 0 radical (unpaired) electrons. The molecule has 3 rings (SSSR count). The molecule has 1 atom stereocenters. The molecule has 0 aromatic heterocycles. The summed E-state index contributed by atoms with van der Waals surface area (Å²) in [4.78, 5) is 29.6. The summed E-state index contributed by atoms with van der Waals surface area (Å²) in [6.07, 6.45) is 1.51. The molecule has 0 fully saturated rings. The lowest BCUT2D eigenvalue weighted by molar-refractivity contribution is -0.132. The molecule has 5 nitrogen and oxygen atoms in total. The average Bonchev–Trinajstić information content (AvgIpc) is 2.89. The van der Waals surface area contributed by atoms with Gasteiger partial charge in [0.25, 0.3) is 0 Å². The third-order valence-corrected chi connectivity index (χ3v) is 6.21. The molecule has 0 aliphatic carbocycles. The Morgan fingerprint density at radius 1 is 0.889 bits per heavy atom. The number of carbonyl (C=O) groups excluding carboxylic acids is 2. The number of benzene rings is 3. The number of halogens is 2. The number of carbonyl (C=O) groups is 2. The molecule has 1 unspecified atom stereocenters. The highest BCUT2D eigenvalue weighted by atomic mass is 19.1. The van der Waals surface area contributed by atoms with E-state index in [1.54, 1.807) is 0 Å². The highest BCUT2D eigenvalue weighted by Crippen LogP contribution is 2.17. The van der Waals surface area contributed by atoms with Crippen LogP contribution in [0.2, 0.25) is 0 Å². The van der Waals surface area contributed by atoms with Gasteiger partial charge in [-0.25, -0.2) is 13.6 Å². The number of anilines is 1. The quantitative estimate of drug-likeness (QED) is 0.343. The van der Waals surface area contributed by atoms with Crippen molar-refractivity contribution in [1.29, 1.82) is 0 Å². The molecule has 0 saturated carbocycles. The smallest absolute Gasteiger partial charge is 0.322 e. The van der Waals surface area contributed by atoms with Crippen molar-refractivity contribution in [3.8, 4) is 0 Å². The van der Waals surface area contributed by atoms with E-state index in [4.69, 9.17) is 0 Å². The molecule has 3 aromatic rings. The molecule has 0 heterocycles. The number of nitrogens with one attached hydrogen (secondary N) is 1. The molecule has 0 saturated heterocycles. The molecule has 3 aromatic carbocycles. The van der Waals surface area contributed by atoms with Crippen LogP contribution >= 0.6 is 0 Å². The molecule has 3 amide bonds. The molecule has 0 aliphatic heterocycles. The fourth-order valence-electron chi connectivity index (χ4n) is 3.90. The maximum Gasteiger partial charge on any atom is 0.322 e. The van der Waals surface area contributed by atoms with Gasteiger partial charge >= 0.3 is 6.03 Å². The summed E-state index contributed by atoms with van der Waals surface area (Å²) in [6.45, 7) is 5.02. The highest BCUT2D eigenvalue weighted by molar-refractivity contribution is 5.90. The first-order valence-electron chi connectivity index (χ1n) is 12.3. The maximum atomic E-state index is 14.1. The Hall–Kier alpha value is -3.74. The molecular weight excluding hydrogens is 460 g/mol. The SMILES string of the molecule is CCC(C)N(CCC(=O)N(CCc1ccccc1)Cc1ccccc1)C(=O)Nc1ccc(F)cc1F. The van der Waals surface area contributed by atoms with Crippen LogP contribution in [-0.2, 0) is 17.8 Å². The van der Waals surface area contributed by atoms with Crippen LogP contribution in [0.25, 0.3) is 0 Å². The van der Waals surface area contributed by atoms with Gasteiger partial charge < -0.3 is 15.1 Å². The summed E-state index contributed by atoms with van der Waals surface area (Å²) in [5.74, 6) is -1.63. The van der Waals surface area contributed by atoms with Gasteiger partial charge in [-0.2, -0.15) is 0 Å². The maximum absolute atomic E-state index is 14.1. The highest BCUT2D eigenvalue weighted by Gasteiger charge is 2.23. The number of nitrogens with zero attached hydrogens (tertiary/aromatic N) is 2. The first kappa shape index (κ1) is 26.9. The minimum atomic E-state index is -0.849. The van der Waals surface area contributed by atoms with Gasteiger partial charge in [-0.1, -0.05) is 67.6 Å². The second kappa shape index (κ2) is 13.4. The zero-order valence-electron chi connectivity index (χ0n) is 20.8. The van der Waals surface area contributed by atoms with Crippen molar-refractivity contribution in [1.82, 2.24) is 9.80 Å². The Kier molecular flexibility index (Phi) is 9.98. The summed E-state index contributed by atoms with van der Waals surface area (Å²) in [7, 11) is 0. The first-order valence-corrected chi connectivity index (χ1v) is 12.3. The lowest BCUT2D eigenvalue weighted by Gasteiger charge is -2.30.